The van der Waals surface area contributed by atoms with Gasteiger partial charge in [-0.25, -0.2) is 0 Å². The number of hydrogen-bond acceptors (Lipinski definition) is 6. The first-order chi connectivity index (χ1) is 11.6. The zero-order valence-electron chi connectivity index (χ0n) is 12.8. The van der Waals surface area contributed by atoms with Crippen molar-refractivity contribution >= 4 is 46.2 Å². The highest BCUT2D eigenvalue weighted by Crippen LogP contribution is 2.36. The molecule has 0 spiro atoms. The summed E-state index contributed by atoms with van der Waals surface area (Å²) in [5.41, 5.74) is 0. The molecule has 0 aromatic carbocycles. The van der Waals surface area contributed by atoms with Gasteiger partial charge in [-0.1, -0.05) is 49.3 Å². The zero-order chi connectivity index (χ0) is 17.1. The quantitative estimate of drug-likeness (QED) is 0.343. The van der Waals surface area contributed by atoms with Crippen molar-refractivity contribution in [3.8, 4) is 0 Å². The molecule has 1 aliphatic carbocycles. The molecule has 6 nitrogen and oxygen atoms in total. The normalized spacial score (nSPS) is 21.3. The molecule has 1 aromatic heterocycles. The summed E-state index contributed by atoms with van der Waals surface area (Å²) in [5, 5.41) is 10.6. The summed E-state index contributed by atoms with van der Waals surface area (Å²) in [5.74, 6) is 0.00552. The third-order valence-corrected chi connectivity index (χ3v) is 5.41. The molecule has 1 saturated heterocycles. The first kappa shape index (κ1) is 16.9. The van der Waals surface area contributed by atoms with E-state index in [2.05, 4.69) is 0 Å². The minimum Gasteiger partial charge on any atom is -0.401 e. The van der Waals surface area contributed by atoms with Crippen LogP contribution >= 0.6 is 24.0 Å². The molecule has 2 aliphatic rings. The van der Waals surface area contributed by atoms with Gasteiger partial charge in [-0.05, 0) is 31.1 Å². The first-order valence-electron chi connectivity index (χ1n) is 7.74. The number of thiocarbonyl (C=S) groups is 1. The maximum absolute atomic E-state index is 12.6. The van der Waals surface area contributed by atoms with Crippen molar-refractivity contribution in [1.82, 2.24) is 4.90 Å². The van der Waals surface area contributed by atoms with E-state index < -0.39 is 4.92 Å². The first-order valence-corrected chi connectivity index (χ1v) is 8.96. The molecule has 0 unspecified atom stereocenters. The second kappa shape index (κ2) is 7.31. The number of furan rings is 1. The smallest absolute Gasteiger partial charge is 0.401 e. The fourth-order valence-corrected chi connectivity index (χ4v) is 4.26. The van der Waals surface area contributed by atoms with Crippen LogP contribution in [0.3, 0.4) is 0 Å². The Morgan fingerprint density at radius 3 is 2.75 bits per heavy atom. The molecule has 1 aromatic rings. The highest BCUT2D eigenvalue weighted by molar-refractivity contribution is 8.26. The van der Waals surface area contributed by atoms with E-state index in [1.54, 1.807) is 23.1 Å². The van der Waals surface area contributed by atoms with Gasteiger partial charge >= 0.3 is 5.88 Å². The van der Waals surface area contributed by atoms with Gasteiger partial charge in [-0.15, -0.1) is 0 Å². The van der Waals surface area contributed by atoms with E-state index in [1.165, 1.54) is 30.3 Å². The van der Waals surface area contributed by atoms with Crippen LogP contribution in [0.4, 0.5) is 5.88 Å². The summed E-state index contributed by atoms with van der Waals surface area (Å²) >= 11 is 6.66. The Hall–Kier alpha value is -1.93. The standard InChI is InChI=1S/C16H16N2O4S2/c19-15-13(8-4-7-12-9-10-14(22-12)18(20)21)24-16(23)17(15)11-5-2-1-3-6-11/h4,7-11H,1-3,5-6H2/b7-4+,13-8+. The highest BCUT2D eigenvalue weighted by atomic mass is 32.2. The lowest BCUT2D eigenvalue weighted by molar-refractivity contribution is -0.402. The topological polar surface area (TPSA) is 76.6 Å². The Morgan fingerprint density at radius 2 is 2.08 bits per heavy atom. The van der Waals surface area contributed by atoms with Gasteiger partial charge in [0.1, 0.15) is 15.0 Å². The van der Waals surface area contributed by atoms with Crippen LogP contribution in [0.15, 0.2) is 33.6 Å². The molecule has 3 rings (SSSR count). The number of nitrogens with zero attached hydrogens (tertiary/aromatic N) is 2. The van der Waals surface area contributed by atoms with E-state index >= 15 is 0 Å². The van der Waals surface area contributed by atoms with Crippen LogP contribution in [0.1, 0.15) is 37.9 Å². The lowest BCUT2D eigenvalue weighted by Gasteiger charge is -2.29. The Morgan fingerprint density at radius 1 is 1.33 bits per heavy atom. The minimum atomic E-state index is -0.591. The van der Waals surface area contributed by atoms with Gasteiger partial charge in [0.2, 0.25) is 0 Å². The highest BCUT2D eigenvalue weighted by Gasteiger charge is 2.37. The molecule has 0 N–H and O–H groups in total. The minimum absolute atomic E-state index is 0.0491. The summed E-state index contributed by atoms with van der Waals surface area (Å²) in [4.78, 5) is 24.9. The van der Waals surface area contributed by atoms with Crippen LogP contribution in [0.25, 0.3) is 6.08 Å². The summed E-state index contributed by atoms with van der Waals surface area (Å²) in [6, 6.07) is 3.02. The van der Waals surface area contributed by atoms with E-state index in [4.69, 9.17) is 16.6 Å². The Kier molecular flexibility index (Phi) is 5.15. The van der Waals surface area contributed by atoms with Crippen molar-refractivity contribution < 1.29 is 14.1 Å². The molecule has 2 heterocycles. The van der Waals surface area contributed by atoms with Crippen LogP contribution in [0.5, 0.6) is 0 Å². The zero-order valence-corrected chi connectivity index (χ0v) is 14.5. The number of carbonyl (C=O) groups is 1. The van der Waals surface area contributed by atoms with Crippen LogP contribution in [0.2, 0.25) is 0 Å². The van der Waals surface area contributed by atoms with Crippen molar-refractivity contribution in [1.29, 1.82) is 0 Å². The second-order valence-corrected chi connectivity index (χ2v) is 7.33. The predicted molar refractivity (Wildman–Crippen MR) is 96.4 cm³/mol. The third kappa shape index (κ3) is 3.59. The molecule has 1 amide bonds. The second-order valence-electron chi connectivity index (χ2n) is 5.66. The SMILES string of the molecule is O=C1/C(=C\C=C\c2ccc([N+](=O)[O-])o2)SC(=S)N1C1CCCCC1. The van der Waals surface area contributed by atoms with E-state index in [1.807, 2.05) is 0 Å². The van der Waals surface area contributed by atoms with Crippen LogP contribution in [-0.2, 0) is 4.79 Å². The van der Waals surface area contributed by atoms with Crippen molar-refractivity contribution in [3.63, 3.8) is 0 Å². The summed E-state index contributed by atoms with van der Waals surface area (Å²) in [6.07, 6.45) is 10.4. The average molecular weight is 364 g/mol. The summed E-state index contributed by atoms with van der Waals surface area (Å²) < 4.78 is 5.64. The molecular weight excluding hydrogens is 348 g/mol. The average Bonchev–Trinajstić information content (AvgIpc) is 3.14. The van der Waals surface area contributed by atoms with Gasteiger partial charge in [0.25, 0.3) is 5.91 Å². The number of allylic oxidation sites excluding steroid dienone is 2. The maximum atomic E-state index is 12.6. The van der Waals surface area contributed by atoms with Crippen molar-refractivity contribution in [3.05, 3.63) is 45.1 Å². The fraction of sp³-hybridized carbons (Fsp3) is 0.375. The van der Waals surface area contributed by atoms with E-state index in [0.717, 1.165) is 25.7 Å². The number of amides is 1. The number of hydrogen-bond donors (Lipinski definition) is 0. The van der Waals surface area contributed by atoms with Gasteiger partial charge < -0.3 is 4.42 Å². The van der Waals surface area contributed by atoms with Gasteiger partial charge in [-0.2, -0.15) is 0 Å². The van der Waals surface area contributed by atoms with Crippen molar-refractivity contribution in [2.24, 2.45) is 0 Å². The Bertz CT molecular complexity index is 732. The number of nitro groups is 1. The van der Waals surface area contributed by atoms with Crippen LogP contribution in [0, 0.1) is 10.1 Å². The molecule has 2 fully saturated rings. The molecular formula is C16H16N2O4S2. The van der Waals surface area contributed by atoms with Crippen molar-refractivity contribution in [2.45, 2.75) is 38.1 Å². The van der Waals surface area contributed by atoms with E-state index in [-0.39, 0.29) is 17.8 Å². The van der Waals surface area contributed by atoms with E-state index in [0.29, 0.717) is 15.0 Å². The molecule has 126 valence electrons. The summed E-state index contributed by atoms with van der Waals surface area (Å²) in [7, 11) is 0. The van der Waals surface area contributed by atoms with Crippen molar-refractivity contribution in [2.75, 3.05) is 0 Å². The molecule has 8 heteroatoms. The molecule has 0 atom stereocenters. The monoisotopic (exact) mass is 364 g/mol. The Balaban J connectivity index is 1.69. The number of rotatable bonds is 4. The molecule has 1 aliphatic heterocycles. The number of thioether (sulfide) groups is 1. The predicted octanol–water partition coefficient (Wildman–Crippen LogP) is 4.28. The van der Waals surface area contributed by atoms with Crippen LogP contribution < -0.4 is 0 Å². The lowest BCUT2D eigenvalue weighted by Crippen LogP contribution is -2.39. The summed E-state index contributed by atoms with van der Waals surface area (Å²) in [6.45, 7) is 0. The largest absolute Gasteiger partial charge is 0.433 e. The third-order valence-electron chi connectivity index (χ3n) is 4.06. The molecule has 0 radical (unpaired) electrons. The Labute approximate surface area is 148 Å². The lowest BCUT2D eigenvalue weighted by atomic mass is 9.94. The fourth-order valence-electron chi connectivity index (χ4n) is 2.91. The molecule has 24 heavy (non-hydrogen) atoms. The molecule has 0 bridgehead atoms. The van der Waals surface area contributed by atoms with Gasteiger partial charge in [0.15, 0.2) is 0 Å². The number of carbonyl (C=O) groups excluding carboxylic acids is 1. The molecule has 1 saturated carbocycles. The van der Waals surface area contributed by atoms with Gasteiger partial charge in [-0.3, -0.25) is 19.8 Å². The van der Waals surface area contributed by atoms with Gasteiger partial charge in [0, 0.05) is 6.04 Å². The van der Waals surface area contributed by atoms with E-state index in [9.17, 15) is 14.9 Å². The maximum Gasteiger partial charge on any atom is 0.433 e. The van der Waals surface area contributed by atoms with Crippen LogP contribution in [-0.4, -0.2) is 26.1 Å². The van der Waals surface area contributed by atoms with Gasteiger partial charge in [0.05, 0.1) is 11.0 Å².